The highest BCUT2D eigenvalue weighted by Gasteiger charge is 2.28. The minimum Gasteiger partial charge on any atom is -0.370 e. The molecule has 2 aromatic rings. The van der Waals surface area contributed by atoms with E-state index in [2.05, 4.69) is 40.2 Å². The second-order valence-electron chi connectivity index (χ2n) is 6.84. The number of hydrogen-bond acceptors (Lipinski definition) is 3. The molecule has 132 valence electrons. The Morgan fingerprint density at radius 2 is 1.80 bits per heavy atom. The first-order valence-electron chi connectivity index (χ1n) is 9.15. The first-order chi connectivity index (χ1) is 12.3. The lowest BCUT2D eigenvalue weighted by Gasteiger charge is -2.32. The third-order valence-corrected chi connectivity index (χ3v) is 5.22. The first kappa shape index (κ1) is 16.3. The maximum atomic E-state index is 12.5. The molecule has 2 saturated heterocycles. The number of nitrogens with one attached hydrogen (secondary N) is 2. The number of aromatic nitrogens is 1. The van der Waals surface area contributed by atoms with Gasteiger partial charge in [-0.1, -0.05) is 18.2 Å². The fraction of sp³-hybridized carbons (Fsp3) is 0.474. The van der Waals surface area contributed by atoms with Gasteiger partial charge in [0.15, 0.2) is 6.54 Å². The summed E-state index contributed by atoms with van der Waals surface area (Å²) in [5.41, 5.74) is 1.15. The van der Waals surface area contributed by atoms with Crippen LogP contribution in [0.5, 0.6) is 0 Å². The van der Waals surface area contributed by atoms with Crippen molar-refractivity contribution in [2.75, 3.05) is 63.9 Å². The van der Waals surface area contributed by atoms with Crippen LogP contribution in [0, 0.1) is 0 Å². The molecule has 0 radical (unpaired) electrons. The number of nitrogens with zero attached hydrogens (tertiary/aromatic N) is 2. The molecule has 2 fully saturated rings. The Kier molecular flexibility index (Phi) is 4.81. The van der Waals surface area contributed by atoms with Gasteiger partial charge in [0.05, 0.1) is 26.3 Å². The maximum Gasteiger partial charge on any atom is 0.278 e. The van der Waals surface area contributed by atoms with Crippen LogP contribution in [0.1, 0.15) is 0 Å². The maximum absolute atomic E-state index is 12.5. The van der Waals surface area contributed by atoms with Crippen molar-refractivity contribution < 1.29 is 19.4 Å². The number of morpholine rings is 1. The molecule has 2 aliphatic heterocycles. The molecule has 1 aromatic carbocycles. The van der Waals surface area contributed by atoms with Gasteiger partial charge in [-0.3, -0.25) is 9.69 Å². The Labute approximate surface area is 148 Å². The molecule has 1 aromatic heterocycles. The molecular formula is C19H26N4O2+2. The summed E-state index contributed by atoms with van der Waals surface area (Å²) < 4.78 is 5.36. The third kappa shape index (κ3) is 3.75. The number of rotatable bonds is 3. The van der Waals surface area contributed by atoms with E-state index in [0.717, 1.165) is 63.8 Å². The average Bonchev–Trinajstić information content (AvgIpc) is 2.68. The van der Waals surface area contributed by atoms with Crippen LogP contribution < -0.4 is 14.8 Å². The number of hydrogen-bond donors (Lipinski definition) is 1. The summed E-state index contributed by atoms with van der Waals surface area (Å²) in [6, 6.07) is 12.6. The zero-order valence-corrected chi connectivity index (χ0v) is 14.5. The van der Waals surface area contributed by atoms with Crippen LogP contribution in [0.15, 0.2) is 36.4 Å². The predicted molar refractivity (Wildman–Crippen MR) is 95.7 cm³/mol. The summed E-state index contributed by atoms with van der Waals surface area (Å²) in [5, 5.41) is 1.22. The molecule has 3 heterocycles. The van der Waals surface area contributed by atoms with Gasteiger partial charge in [0.2, 0.25) is 0 Å². The van der Waals surface area contributed by atoms with Crippen LogP contribution in [0.3, 0.4) is 0 Å². The second kappa shape index (κ2) is 7.37. The van der Waals surface area contributed by atoms with Gasteiger partial charge in [-0.05, 0) is 12.1 Å². The van der Waals surface area contributed by atoms with Crippen LogP contribution in [0.25, 0.3) is 10.9 Å². The number of para-hydroxylation sites is 1. The number of anilines is 1. The molecule has 6 nitrogen and oxygen atoms in total. The first-order valence-corrected chi connectivity index (χ1v) is 9.15. The lowest BCUT2D eigenvalue weighted by Crippen LogP contribution is -3.15. The predicted octanol–water partition coefficient (Wildman–Crippen LogP) is -0.782. The van der Waals surface area contributed by atoms with Gasteiger partial charge in [0.1, 0.15) is 31.7 Å². The number of H-pyrrole nitrogens is 1. The molecule has 6 heteroatoms. The lowest BCUT2D eigenvalue weighted by molar-refractivity contribution is -0.900. The SMILES string of the molecule is O=C(C[NH+]1CCOCC1)N1CCN(c2ccc3ccccc3[nH+]2)CC1. The van der Waals surface area contributed by atoms with Crippen molar-refractivity contribution >= 4 is 22.6 Å². The molecule has 25 heavy (non-hydrogen) atoms. The van der Waals surface area contributed by atoms with E-state index >= 15 is 0 Å². The average molecular weight is 342 g/mol. The van der Waals surface area contributed by atoms with Crippen LogP contribution in [0.2, 0.25) is 0 Å². The van der Waals surface area contributed by atoms with E-state index in [1.54, 1.807) is 0 Å². The smallest absolute Gasteiger partial charge is 0.278 e. The van der Waals surface area contributed by atoms with Crippen molar-refractivity contribution in [1.82, 2.24) is 4.90 Å². The Hall–Kier alpha value is -2.18. The van der Waals surface area contributed by atoms with Crippen molar-refractivity contribution in [3.63, 3.8) is 0 Å². The van der Waals surface area contributed by atoms with Crippen LogP contribution in [-0.4, -0.2) is 69.8 Å². The zero-order chi connectivity index (χ0) is 17.1. The molecule has 0 aliphatic carbocycles. The molecular weight excluding hydrogens is 316 g/mol. The third-order valence-electron chi connectivity index (χ3n) is 5.22. The van der Waals surface area contributed by atoms with Gasteiger partial charge in [0, 0.05) is 11.5 Å². The van der Waals surface area contributed by atoms with E-state index in [0.29, 0.717) is 6.54 Å². The molecule has 0 spiro atoms. The molecule has 0 saturated carbocycles. The quantitative estimate of drug-likeness (QED) is 0.796. The number of amides is 1. The molecule has 2 aliphatic rings. The highest BCUT2D eigenvalue weighted by Crippen LogP contribution is 2.15. The number of quaternary nitrogens is 1. The summed E-state index contributed by atoms with van der Waals surface area (Å²) in [6.07, 6.45) is 0. The number of piperazine rings is 1. The van der Waals surface area contributed by atoms with Crippen molar-refractivity contribution in [3.05, 3.63) is 36.4 Å². The monoisotopic (exact) mass is 342 g/mol. The standard InChI is InChI=1S/C19H24N4O2/c24-19(15-21-11-13-25-14-12-21)23-9-7-22(8-10-23)18-6-5-16-3-1-2-4-17(16)20-18/h1-6H,7-15H2/p+2. The molecule has 2 N–H and O–H groups in total. The molecule has 0 atom stereocenters. The van der Waals surface area contributed by atoms with Crippen molar-refractivity contribution in [2.24, 2.45) is 0 Å². The van der Waals surface area contributed by atoms with Crippen LogP contribution in [0.4, 0.5) is 5.82 Å². The minimum absolute atomic E-state index is 0.277. The summed E-state index contributed by atoms with van der Waals surface area (Å²) >= 11 is 0. The van der Waals surface area contributed by atoms with E-state index in [1.807, 2.05) is 11.0 Å². The highest BCUT2D eigenvalue weighted by atomic mass is 16.5. The van der Waals surface area contributed by atoms with Gasteiger partial charge >= 0.3 is 0 Å². The number of carbonyl (C=O) groups is 1. The minimum atomic E-state index is 0.277. The van der Waals surface area contributed by atoms with Gasteiger partial charge in [-0.2, -0.15) is 0 Å². The van der Waals surface area contributed by atoms with E-state index in [-0.39, 0.29) is 5.91 Å². The van der Waals surface area contributed by atoms with Crippen molar-refractivity contribution in [1.29, 1.82) is 0 Å². The highest BCUT2D eigenvalue weighted by molar-refractivity contribution is 5.78. The molecule has 0 bridgehead atoms. The lowest BCUT2D eigenvalue weighted by atomic mass is 10.2. The van der Waals surface area contributed by atoms with E-state index in [1.165, 1.54) is 10.3 Å². The molecule has 4 rings (SSSR count). The largest absolute Gasteiger partial charge is 0.370 e. The molecule has 0 unspecified atom stereocenters. The Balaban J connectivity index is 1.34. The zero-order valence-electron chi connectivity index (χ0n) is 14.5. The number of fused-ring (bicyclic) bond motifs is 1. The second-order valence-corrected chi connectivity index (χ2v) is 6.84. The molecule has 1 amide bonds. The number of pyridine rings is 1. The number of benzene rings is 1. The van der Waals surface area contributed by atoms with E-state index in [4.69, 9.17) is 4.74 Å². The summed E-state index contributed by atoms with van der Waals surface area (Å²) in [7, 11) is 0. The van der Waals surface area contributed by atoms with E-state index in [9.17, 15) is 4.79 Å². The number of aromatic amines is 1. The summed E-state index contributed by atoms with van der Waals surface area (Å²) in [5.74, 6) is 1.41. The van der Waals surface area contributed by atoms with Gasteiger partial charge in [0.25, 0.3) is 11.7 Å². The van der Waals surface area contributed by atoms with Gasteiger partial charge in [-0.25, -0.2) is 4.98 Å². The number of ether oxygens (including phenoxy) is 1. The Bertz CT molecular complexity index is 737. The fourth-order valence-electron chi connectivity index (χ4n) is 3.65. The van der Waals surface area contributed by atoms with E-state index < -0.39 is 0 Å². The van der Waals surface area contributed by atoms with Gasteiger partial charge < -0.3 is 14.5 Å². The fourth-order valence-corrected chi connectivity index (χ4v) is 3.65. The normalized spacial score (nSPS) is 19.4. The summed E-state index contributed by atoms with van der Waals surface area (Å²) in [6.45, 7) is 7.37. The van der Waals surface area contributed by atoms with Crippen molar-refractivity contribution in [3.8, 4) is 0 Å². The van der Waals surface area contributed by atoms with Gasteiger partial charge in [-0.15, -0.1) is 0 Å². The van der Waals surface area contributed by atoms with Crippen LogP contribution in [-0.2, 0) is 9.53 Å². The number of carbonyl (C=O) groups excluding carboxylic acids is 1. The topological polar surface area (TPSA) is 51.4 Å². The Morgan fingerprint density at radius 1 is 1.04 bits per heavy atom. The van der Waals surface area contributed by atoms with Crippen molar-refractivity contribution in [2.45, 2.75) is 0 Å². The van der Waals surface area contributed by atoms with Crippen LogP contribution >= 0.6 is 0 Å². The summed E-state index contributed by atoms with van der Waals surface area (Å²) in [4.78, 5) is 21.7. The Morgan fingerprint density at radius 3 is 2.60 bits per heavy atom.